The van der Waals surface area contributed by atoms with Crippen LogP contribution in [0.2, 0.25) is 0 Å². The molecule has 4 rings (SSSR count). The largest absolute Gasteiger partial charge is 0.363 e. The number of nitrogens with one attached hydrogen (secondary N) is 1. The van der Waals surface area contributed by atoms with Crippen LogP contribution in [-0.2, 0) is 0 Å². The van der Waals surface area contributed by atoms with E-state index in [1.165, 1.54) is 5.56 Å². The highest BCUT2D eigenvalue weighted by Gasteiger charge is 2.08. The van der Waals surface area contributed by atoms with Crippen LogP contribution in [0.15, 0.2) is 79.6 Å². The molecule has 25 heavy (non-hydrogen) atoms. The van der Waals surface area contributed by atoms with Crippen molar-refractivity contribution in [1.29, 1.82) is 0 Å². The fourth-order valence-electron chi connectivity index (χ4n) is 2.71. The van der Waals surface area contributed by atoms with Gasteiger partial charge in [0.1, 0.15) is 18.0 Å². The van der Waals surface area contributed by atoms with Crippen LogP contribution >= 0.6 is 0 Å². The molecule has 1 aromatic carbocycles. The fraction of sp³-hybridized carbons (Fsp3) is 0.105. The molecule has 124 valence electrons. The van der Waals surface area contributed by atoms with Crippen molar-refractivity contribution in [2.75, 3.05) is 5.32 Å². The van der Waals surface area contributed by atoms with Crippen molar-refractivity contribution >= 4 is 5.82 Å². The lowest BCUT2D eigenvalue weighted by Gasteiger charge is -2.16. The number of imidazole rings is 1. The molecule has 3 aromatic heterocycles. The van der Waals surface area contributed by atoms with Crippen molar-refractivity contribution in [3.8, 4) is 11.5 Å². The first-order valence-electron chi connectivity index (χ1n) is 8.11. The molecule has 0 aliphatic heterocycles. The number of benzene rings is 1. The number of hydrogen-bond donors (Lipinski definition) is 1. The van der Waals surface area contributed by atoms with Crippen molar-refractivity contribution in [3.63, 3.8) is 0 Å². The summed E-state index contributed by atoms with van der Waals surface area (Å²) in [6.07, 6.45) is 9.07. The first kappa shape index (κ1) is 15.1. The molecule has 1 N–H and O–H groups in total. The highest BCUT2D eigenvalue weighted by Crippen LogP contribution is 2.21. The summed E-state index contributed by atoms with van der Waals surface area (Å²) in [6.45, 7) is 2.12. The Labute approximate surface area is 145 Å². The van der Waals surface area contributed by atoms with Crippen molar-refractivity contribution in [2.24, 2.45) is 0 Å². The molecule has 1 atom stereocenters. The Balaban J connectivity index is 1.55. The van der Waals surface area contributed by atoms with Gasteiger partial charge >= 0.3 is 0 Å². The third-order valence-corrected chi connectivity index (χ3v) is 4.01. The zero-order valence-corrected chi connectivity index (χ0v) is 13.8. The molecule has 0 spiro atoms. The number of nitrogens with zero attached hydrogens (tertiary/aromatic N) is 5. The van der Waals surface area contributed by atoms with Gasteiger partial charge in [-0.15, -0.1) is 0 Å². The van der Waals surface area contributed by atoms with E-state index in [9.17, 15) is 0 Å². The molecule has 6 nitrogen and oxygen atoms in total. The van der Waals surface area contributed by atoms with Gasteiger partial charge in [-0.2, -0.15) is 5.10 Å². The lowest BCUT2D eigenvalue weighted by molar-refractivity contribution is 0.847. The van der Waals surface area contributed by atoms with E-state index in [-0.39, 0.29) is 6.04 Å². The van der Waals surface area contributed by atoms with E-state index >= 15 is 0 Å². The van der Waals surface area contributed by atoms with Crippen LogP contribution in [0.25, 0.3) is 11.5 Å². The Morgan fingerprint density at radius 3 is 2.72 bits per heavy atom. The predicted molar refractivity (Wildman–Crippen MR) is 97.0 cm³/mol. The summed E-state index contributed by atoms with van der Waals surface area (Å²) in [5.74, 6) is 1.66. The average Bonchev–Trinajstić information content (AvgIpc) is 3.36. The Hall–Kier alpha value is -3.41. The third kappa shape index (κ3) is 3.28. The minimum absolute atomic E-state index is 0.112. The average molecular weight is 330 g/mol. The van der Waals surface area contributed by atoms with Crippen molar-refractivity contribution in [3.05, 3.63) is 85.2 Å². The lowest BCUT2D eigenvalue weighted by atomic mass is 10.1. The standard InChI is InChI=1S/C19H18N6/c1-15(16-5-2-6-17(13-16)25-11-4-9-21-25)22-18-7-3-8-19(23-18)24-12-10-20-14-24/h2-15H,1H3,(H,22,23). The lowest BCUT2D eigenvalue weighted by Crippen LogP contribution is -2.09. The number of rotatable bonds is 5. The zero-order valence-electron chi connectivity index (χ0n) is 13.8. The molecular formula is C19H18N6. The summed E-state index contributed by atoms with van der Waals surface area (Å²) in [6, 6.07) is 16.2. The normalized spacial score (nSPS) is 12.0. The molecular weight excluding hydrogens is 312 g/mol. The van der Waals surface area contributed by atoms with Crippen LogP contribution < -0.4 is 5.32 Å². The van der Waals surface area contributed by atoms with Gasteiger partial charge in [0, 0.05) is 24.8 Å². The monoisotopic (exact) mass is 330 g/mol. The second-order valence-electron chi connectivity index (χ2n) is 5.76. The number of pyridine rings is 1. The minimum atomic E-state index is 0.112. The second-order valence-corrected chi connectivity index (χ2v) is 5.76. The molecule has 0 aliphatic rings. The van der Waals surface area contributed by atoms with E-state index in [4.69, 9.17) is 0 Å². The summed E-state index contributed by atoms with van der Waals surface area (Å²) < 4.78 is 3.74. The fourth-order valence-corrected chi connectivity index (χ4v) is 2.71. The second kappa shape index (κ2) is 6.60. The van der Waals surface area contributed by atoms with E-state index < -0.39 is 0 Å². The van der Waals surface area contributed by atoms with E-state index in [0.29, 0.717) is 0 Å². The molecule has 0 saturated carbocycles. The maximum Gasteiger partial charge on any atom is 0.140 e. The topological polar surface area (TPSA) is 60.6 Å². The molecule has 0 bridgehead atoms. The van der Waals surface area contributed by atoms with Crippen LogP contribution in [0.4, 0.5) is 5.82 Å². The molecule has 0 saturated heterocycles. The van der Waals surface area contributed by atoms with Gasteiger partial charge in [-0.25, -0.2) is 14.6 Å². The molecule has 0 fully saturated rings. The van der Waals surface area contributed by atoms with Crippen molar-refractivity contribution in [2.45, 2.75) is 13.0 Å². The van der Waals surface area contributed by atoms with E-state index in [0.717, 1.165) is 17.3 Å². The number of hydrogen-bond acceptors (Lipinski definition) is 4. The van der Waals surface area contributed by atoms with Gasteiger partial charge in [0.2, 0.25) is 0 Å². The van der Waals surface area contributed by atoms with Gasteiger partial charge in [0.15, 0.2) is 0 Å². The van der Waals surface area contributed by atoms with Crippen molar-refractivity contribution < 1.29 is 0 Å². The first-order valence-corrected chi connectivity index (χ1v) is 8.11. The summed E-state index contributed by atoms with van der Waals surface area (Å²) in [5.41, 5.74) is 2.21. The quantitative estimate of drug-likeness (QED) is 0.607. The van der Waals surface area contributed by atoms with Gasteiger partial charge in [-0.1, -0.05) is 18.2 Å². The van der Waals surface area contributed by atoms with Gasteiger partial charge in [0.05, 0.1) is 11.7 Å². The van der Waals surface area contributed by atoms with Crippen LogP contribution in [-0.4, -0.2) is 24.3 Å². The van der Waals surface area contributed by atoms with Gasteiger partial charge in [0.25, 0.3) is 0 Å². The Morgan fingerprint density at radius 2 is 1.92 bits per heavy atom. The summed E-state index contributed by atoms with van der Waals surface area (Å²) in [7, 11) is 0. The van der Waals surface area contributed by atoms with Gasteiger partial charge in [-0.05, 0) is 42.8 Å². The van der Waals surface area contributed by atoms with Crippen LogP contribution in [0.3, 0.4) is 0 Å². The molecule has 0 aliphatic carbocycles. The summed E-state index contributed by atoms with van der Waals surface area (Å²) in [4.78, 5) is 8.71. The van der Waals surface area contributed by atoms with Crippen LogP contribution in [0.1, 0.15) is 18.5 Å². The van der Waals surface area contributed by atoms with Crippen LogP contribution in [0, 0.1) is 0 Å². The Kier molecular flexibility index (Phi) is 4.00. The summed E-state index contributed by atoms with van der Waals surface area (Å²) in [5, 5.41) is 7.74. The maximum atomic E-state index is 4.65. The summed E-state index contributed by atoms with van der Waals surface area (Å²) >= 11 is 0. The highest BCUT2D eigenvalue weighted by molar-refractivity contribution is 5.44. The van der Waals surface area contributed by atoms with E-state index in [2.05, 4.69) is 39.4 Å². The van der Waals surface area contributed by atoms with Crippen molar-refractivity contribution in [1.82, 2.24) is 24.3 Å². The highest BCUT2D eigenvalue weighted by atomic mass is 15.3. The Bertz CT molecular complexity index is 944. The third-order valence-electron chi connectivity index (χ3n) is 4.01. The van der Waals surface area contributed by atoms with Gasteiger partial charge in [-0.3, -0.25) is 4.57 Å². The number of aromatic nitrogens is 5. The predicted octanol–water partition coefficient (Wildman–Crippen LogP) is 3.63. The van der Waals surface area contributed by atoms with E-state index in [1.54, 1.807) is 18.7 Å². The van der Waals surface area contributed by atoms with Crippen LogP contribution in [0.5, 0.6) is 0 Å². The first-order chi connectivity index (χ1) is 12.3. The maximum absolute atomic E-state index is 4.65. The minimum Gasteiger partial charge on any atom is -0.363 e. The molecule has 0 amide bonds. The van der Waals surface area contributed by atoms with Gasteiger partial charge < -0.3 is 5.32 Å². The molecule has 1 unspecified atom stereocenters. The molecule has 3 heterocycles. The number of anilines is 1. The SMILES string of the molecule is CC(Nc1cccc(-n2ccnc2)n1)c1cccc(-n2cccn2)c1. The molecule has 4 aromatic rings. The smallest absolute Gasteiger partial charge is 0.140 e. The molecule has 6 heteroatoms. The zero-order chi connectivity index (χ0) is 17.1. The Morgan fingerprint density at radius 1 is 1.00 bits per heavy atom. The van der Waals surface area contributed by atoms with E-state index in [1.807, 2.05) is 58.0 Å². The molecule has 0 radical (unpaired) electrons.